The van der Waals surface area contributed by atoms with Crippen molar-refractivity contribution in [3.63, 3.8) is 0 Å². The number of amides is 1. The van der Waals surface area contributed by atoms with Crippen LogP contribution in [0.15, 0.2) is 18.3 Å². The highest BCUT2D eigenvalue weighted by Gasteiger charge is 2.37. The van der Waals surface area contributed by atoms with Gasteiger partial charge in [0.15, 0.2) is 0 Å². The summed E-state index contributed by atoms with van der Waals surface area (Å²) in [5, 5.41) is 4.21. The molecule has 0 bridgehead atoms. The molecule has 0 radical (unpaired) electrons. The standard InChI is InChI=1S/C10H13N3O3S/c1-7-2-3-9(12-5-7)13-6-8(4-10(13)14)17(11,15)16/h2-3,5,8H,4,6H2,1H3,(H2,11,15,16). The van der Waals surface area contributed by atoms with Crippen LogP contribution in [0.5, 0.6) is 0 Å². The van der Waals surface area contributed by atoms with Crippen molar-refractivity contribution < 1.29 is 13.2 Å². The maximum atomic E-state index is 11.7. The molecule has 2 heterocycles. The molecule has 1 amide bonds. The van der Waals surface area contributed by atoms with Gasteiger partial charge in [-0.05, 0) is 18.6 Å². The lowest BCUT2D eigenvalue weighted by Gasteiger charge is -2.14. The molecular weight excluding hydrogens is 242 g/mol. The van der Waals surface area contributed by atoms with Crippen LogP contribution in [-0.4, -0.2) is 31.1 Å². The Balaban J connectivity index is 2.24. The minimum atomic E-state index is -3.67. The third-order valence-electron chi connectivity index (χ3n) is 2.73. The second kappa shape index (κ2) is 4.08. The Morgan fingerprint density at radius 2 is 2.18 bits per heavy atom. The summed E-state index contributed by atoms with van der Waals surface area (Å²) in [6.45, 7) is 1.96. The molecule has 17 heavy (non-hydrogen) atoms. The SMILES string of the molecule is Cc1ccc(N2CC(S(N)(=O)=O)CC2=O)nc1. The van der Waals surface area contributed by atoms with E-state index in [9.17, 15) is 13.2 Å². The van der Waals surface area contributed by atoms with Gasteiger partial charge >= 0.3 is 0 Å². The highest BCUT2D eigenvalue weighted by Crippen LogP contribution is 2.22. The zero-order valence-corrected chi connectivity index (χ0v) is 10.1. The number of carbonyl (C=O) groups excluding carboxylic acids is 1. The van der Waals surface area contributed by atoms with Crippen molar-refractivity contribution in [2.45, 2.75) is 18.6 Å². The molecule has 0 spiro atoms. The molecule has 1 saturated heterocycles. The third kappa shape index (κ3) is 2.45. The fraction of sp³-hybridized carbons (Fsp3) is 0.400. The van der Waals surface area contributed by atoms with Gasteiger partial charge in [0.05, 0.1) is 0 Å². The van der Waals surface area contributed by atoms with Crippen LogP contribution in [-0.2, 0) is 14.8 Å². The Kier molecular flexibility index (Phi) is 2.88. The molecule has 1 atom stereocenters. The summed E-state index contributed by atoms with van der Waals surface area (Å²) in [6.07, 6.45) is 1.56. The molecule has 1 aromatic rings. The van der Waals surface area contributed by atoms with E-state index in [1.807, 2.05) is 13.0 Å². The first-order valence-electron chi connectivity index (χ1n) is 5.12. The summed E-state index contributed by atoms with van der Waals surface area (Å²) in [4.78, 5) is 17.1. The van der Waals surface area contributed by atoms with Gasteiger partial charge in [-0.25, -0.2) is 18.5 Å². The summed E-state index contributed by atoms with van der Waals surface area (Å²) in [5.41, 5.74) is 0.975. The number of sulfonamides is 1. The Bertz CT molecular complexity index is 538. The van der Waals surface area contributed by atoms with Crippen molar-refractivity contribution in [1.82, 2.24) is 4.98 Å². The van der Waals surface area contributed by atoms with Gasteiger partial charge in [0.2, 0.25) is 15.9 Å². The van der Waals surface area contributed by atoms with Crippen LogP contribution in [0.3, 0.4) is 0 Å². The molecule has 1 aliphatic rings. The highest BCUT2D eigenvalue weighted by atomic mass is 32.2. The number of nitrogens with zero attached hydrogens (tertiary/aromatic N) is 2. The van der Waals surface area contributed by atoms with Crippen LogP contribution in [0.2, 0.25) is 0 Å². The number of aryl methyl sites for hydroxylation is 1. The van der Waals surface area contributed by atoms with Gasteiger partial charge < -0.3 is 0 Å². The Morgan fingerprint density at radius 1 is 1.47 bits per heavy atom. The molecule has 6 nitrogen and oxygen atoms in total. The predicted molar refractivity (Wildman–Crippen MR) is 62.8 cm³/mol. The topological polar surface area (TPSA) is 93.4 Å². The Hall–Kier alpha value is -1.47. The molecule has 1 aliphatic heterocycles. The van der Waals surface area contributed by atoms with Crippen molar-refractivity contribution >= 4 is 21.7 Å². The van der Waals surface area contributed by atoms with Gasteiger partial charge in [0, 0.05) is 19.2 Å². The van der Waals surface area contributed by atoms with Crippen LogP contribution in [0, 0.1) is 6.92 Å². The zero-order chi connectivity index (χ0) is 12.6. The minimum absolute atomic E-state index is 0.0750. The van der Waals surface area contributed by atoms with Gasteiger partial charge in [-0.15, -0.1) is 0 Å². The maximum absolute atomic E-state index is 11.7. The molecule has 7 heteroatoms. The second-order valence-corrected chi connectivity index (χ2v) is 5.96. The van der Waals surface area contributed by atoms with Gasteiger partial charge in [-0.3, -0.25) is 9.69 Å². The highest BCUT2D eigenvalue weighted by molar-refractivity contribution is 7.89. The van der Waals surface area contributed by atoms with Crippen LogP contribution in [0.1, 0.15) is 12.0 Å². The van der Waals surface area contributed by atoms with Gasteiger partial charge in [0.1, 0.15) is 11.1 Å². The number of anilines is 1. The second-order valence-electron chi connectivity index (χ2n) is 4.11. The molecule has 0 aliphatic carbocycles. The summed E-state index contributed by atoms with van der Waals surface area (Å²) in [6, 6.07) is 3.51. The number of hydrogen-bond donors (Lipinski definition) is 1. The monoisotopic (exact) mass is 255 g/mol. The lowest BCUT2D eigenvalue weighted by Crippen LogP contribution is -2.32. The smallest absolute Gasteiger partial charge is 0.229 e. The first kappa shape index (κ1) is 12.0. The predicted octanol–water partition coefficient (Wildman–Crippen LogP) is -0.216. The zero-order valence-electron chi connectivity index (χ0n) is 9.33. The van der Waals surface area contributed by atoms with Crippen molar-refractivity contribution in [3.8, 4) is 0 Å². The number of pyridine rings is 1. The number of carbonyl (C=O) groups is 1. The first-order valence-corrected chi connectivity index (χ1v) is 6.73. The number of rotatable bonds is 2. The van der Waals surface area contributed by atoms with Crippen molar-refractivity contribution in [3.05, 3.63) is 23.9 Å². The molecule has 92 valence electrons. The number of nitrogens with two attached hydrogens (primary N) is 1. The van der Waals surface area contributed by atoms with Crippen LogP contribution in [0.4, 0.5) is 5.82 Å². The van der Waals surface area contributed by atoms with E-state index in [1.54, 1.807) is 12.3 Å². The molecule has 2 rings (SSSR count). The normalized spacial score (nSPS) is 20.9. The van der Waals surface area contributed by atoms with Crippen LogP contribution in [0.25, 0.3) is 0 Å². The number of hydrogen-bond acceptors (Lipinski definition) is 4. The number of aromatic nitrogens is 1. The van der Waals surface area contributed by atoms with E-state index in [0.717, 1.165) is 5.56 Å². The lowest BCUT2D eigenvalue weighted by molar-refractivity contribution is -0.117. The minimum Gasteiger partial charge on any atom is -0.295 e. The summed E-state index contributed by atoms with van der Waals surface area (Å²) < 4.78 is 22.4. The van der Waals surface area contributed by atoms with Crippen LogP contribution < -0.4 is 10.0 Å². The lowest BCUT2D eigenvalue weighted by atomic mass is 10.3. The molecule has 0 aromatic carbocycles. The summed E-state index contributed by atoms with van der Waals surface area (Å²) in [5.74, 6) is 0.201. The van der Waals surface area contributed by atoms with E-state index >= 15 is 0 Å². The molecule has 2 N–H and O–H groups in total. The summed E-state index contributed by atoms with van der Waals surface area (Å²) in [7, 11) is -3.67. The maximum Gasteiger partial charge on any atom is 0.229 e. The van der Waals surface area contributed by atoms with E-state index in [4.69, 9.17) is 5.14 Å². The molecule has 1 aromatic heterocycles. The molecule has 1 fully saturated rings. The van der Waals surface area contributed by atoms with Gasteiger partial charge in [-0.1, -0.05) is 6.07 Å². The Labute approximate surface area is 99.5 Å². The largest absolute Gasteiger partial charge is 0.295 e. The molecular formula is C10H13N3O3S. The average Bonchev–Trinajstić information content (AvgIpc) is 2.61. The van der Waals surface area contributed by atoms with Gasteiger partial charge in [-0.2, -0.15) is 0 Å². The van der Waals surface area contributed by atoms with Crippen molar-refractivity contribution in [2.75, 3.05) is 11.4 Å². The van der Waals surface area contributed by atoms with Crippen LogP contribution >= 0.6 is 0 Å². The van der Waals surface area contributed by atoms with E-state index in [1.165, 1.54) is 4.90 Å². The van der Waals surface area contributed by atoms with E-state index < -0.39 is 15.3 Å². The molecule has 0 saturated carbocycles. The van der Waals surface area contributed by atoms with E-state index in [2.05, 4.69) is 4.98 Å². The fourth-order valence-electron chi connectivity index (χ4n) is 1.74. The number of primary sulfonamides is 1. The van der Waals surface area contributed by atoms with Gasteiger partial charge in [0.25, 0.3) is 0 Å². The third-order valence-corrected chi connectivity index (χ3v) is 3.97. The first-order chi connectivity index (χ1) is 7.88. The fourth-order valence-corrected chi connectivity index (χ4v) is 2.47. The van der Waals surface area contributed by atoms with Crippen molar-refractivity contribution in [1.29, 1.82) is 0 Å². The summed E-state index contributed by atoms with van der Waals surface area (Å²) >= 11 is 0. The average molecular weight is 255 g/mol. The van der Waals surface area contributed by atoms with E-state index in [-0.39, 0.29) is 18.9 Å². The van der Waals surface area contributed by atoms with Crippen molar-refractivity contribution in [2.24, 2.45) is 5.14 Å². The molecule has 1 unspecified atom stereocenters. The van der Waals surface area contributed by atoms with E-state index in [0.29, 0.717) is 5.82 Å². The Morgan fingerprint density at radius 3 is 2.65 bits per heavy atom. The quantitative estimate of drug-likeness (QED) is 0.790.